The zero-order chi connectivity index (χ0) is 17.2. The van der Waals surface area contributed by atoms with Crippen LogP contribution in [0, 0.1) is 13.8 Å². The highest BCUT2D eigenvalue weighted by molar-refractivity contribution is 5.60. The third kappa shape index (κ3) is 3.38. The molecule has 0 saturated heterocycles. The molecule has 4 heteroatoms. The van der Waals surface area contributed by atoms with Crippen LogP contribution in [0.15, 0.2) is 66.9 Å². The molecule has 124 valence electrons. The average Bonchev–Trinajstić information content (AvgIpc) is 3.24. The molecule has 0 aliphatic rings. The van der Waals surface area contributed by atoms with Crippen molar-refractivity contribution in [3.63, 3.8) is 0 Å². The molecule has 0 saturated carbocycles. The molecule has 0 amide bonds. The molecule has 4 aromatic rings. The van der Waals surface area contributed by atoms with Crippen molar-refractivity contribution in [1.29, 1.82) is 0 Å². The largest absolute Gasteiger partial charge is 0.282 e. The van der Waals surface area contributed by atoms with Gasteiger partial charge in [0.2, 0.25) is 0 Å². The van der Waals surface area contributed by atoms with Crippen LogP contribution in [-0.4, -0.2) is 20.0 Å². The Hall–Kier alpha value is -3.14. The van der Waals surface area contributed by atoms with Gasteiger partial charge in [0.05, 0.1) is 17.1 Å². The Bertz CT molecular complexity index is 928. The van der Waals surface area contributed by atoms with Crippen molar-refractivity contribution < 1.29 is 0 Å². The monoisotopic (exact) mass is 328 g/mol. The van der Waals surface area contributed by atoms with Gasteiger partial charge in [-0.3, -0.25) is 5.10 Å². The van der Waals surface area contributed by atoms with Crippen LogP contribution in [0.5, 0.6) is 0 Å². The summed E-state index contributed by atoms with van der Waals surface area (Å²) in [4.78, 5) is 0. The SMILES string of the molecule is Cc1ccn(-c2cccc(Cc3cccc(-c4cc(C)[nH]n4)c3)c2)n1. The van der Waals surface area contributed by atoms with E-state index in [1.807, 2.05) is 30.8 Å². The Morgan fingerprint density at radius 3 is 2.44 bits per heavy atom. The number of aryl methyl sites for hydroxylation is 2. The van der Waals surface area contributed by atoms with Gasteiger partial charge in [-0.2, -0.15) is 10.2 Å². The Morgan fingerprint density at radius 2 is 1.72 bits per heavy atom. The molecule has 0 aliphatic heterocycles. The highest BCUT2D eigenvalue weighted by atomic mass is 15.3. The van der Waals surface area contributed by atoms with Gasteiger partial charge in [0.15, 0.2) is 0 Å². The Kier molecular flexibility index (Phi) is 3.94. The summed E-state index contributed by atoms with van der Waals surface area (Å²) in [6, 6.07) is 21.2. The van der Waals surface area contributed by atoms with Gasteiger partial charge in [-0.05, 0) is 61.7 Å². The van der Waals surface area contributed by atoms with Gasteiger partial charge in [0.25, 0.3) is 0 Å². The number of benzene rings is 2. The van der Waals surface area contributed by atoms with Crippen molar-refractivity contribution in [2.45, 2.75) is 20.3 Å². The summed E-state index contributed by atoms with van der Waals surface area (Å²) in [7, 11) is 0. The summed E-state index contributed by atoms with van der Waals surface area (Å²) in [6.45, 7) is 4.02. The van der Waals surface area contributed by atoms with Crippen LogP contribution in [0.3, 0.4) is 0 Å². The van der Waals surface area contributed by atoms with Gasteiger partial charge in [-0.15, -0.1) is 0 Å². The van der Waals surface area contributed by atoms with E-state index in [2.05, 4.69) is 69.9 Å². The maximum atomic E-state index is 4.49. The molecule has 4 nitrogen and oxygen atoms in total. The first-order valence-corrected chi connectivity index (χ1v) is 8.40. The molecule has 0 unspecified atom stereocenters. The molecule has 0 radical (unpaired) electrons. The first kappa shape index (κ1) is 15.4. The molecule has 1 N–H and O–H groups in total. The Labute approximate surface area is 147 Å². The van der Waals surface area contributed by atoms with Gasteiger partial charge in [0, 0.05) is 17.5 Å². The highest BCUT2D eigenvalue weighted by Gasteiger charge is 2.05. The maximum absolute atomic E-state index is 4.49. The number of nitrogens with zero attached hydrogens (tertiary/aromatic N) is 3. The third-order valence-corrected chi connectivity index (χ3v) is 4.23. The minimum absolute atomic E-state index is 0.880. The lowest BCUT2D eigenvalue weighted by Gasteiger charge is -2.07. The van der Waals surface area contributed by atoms with Gasteiger partial charge >= 0.3 is 0 Å². The van der Waals surface area contributed by atoms with Crippen LogP contribution >= 0.6 is 0 Å². The predicted octanol–water partition coefficient (Wildman–Crippen LogP) is 4.47. The van der Waals surface area contributed by atoms with Gasteiger partial charge in [-0.25, -0.2) is 4.68 Å². The molecule has 2 aromatic carbocycles. The lowest BCUT2D eigenvalue weighted by molar-refractivity contribution is 0.860. The quantitative estimate of drug-likeness (QED) is 0.601. The second kappa shape index (κ2) is 6.40. The maximum Gasteiger partial charge on any atom is 0.0923 e. The van der Waals surface area contributed by atoms with Crippen molar-refractivity contribution in [1.82, 2.24) is 20.0 Å². The summed E-state index contributed by atoms with van der Waals surface area (Å²) in [6.07, 6.45) is 2.88. The van der Waals surface area contributed by atoms with Crippen molar-refractivity contribution in [2.24, 2.45) is 0 Å². The standard InChI is InChI=1S/C21H20N4/c1-15-9-10-25(24-15)20-8-4-6-18(14-20)12-17-5-3-7-19(13-17)21-11-16(2)22-23-21/h3-11,13-14H,12H2,1-2H3,(H,22,23). The van der Waals surface area contributed by atoms with E-state index in [0.29, 0.717) is 0 Å². The van der Waals surface area contributed by atoms with E-state index in [4.69, 9.17) is 0 Å². The number of nitrogens with one attached hydrogen (secondary N) is 1. The molecule has 2 heterocycles. The van der Waals surface area contributed by atoms with Crippen LogP contribution in [0.2, 0.25) is 0 Å². The van der Waals surface area contributed by atoms with Gasteiger partial charge < -0.3 is 0 Å². The Balaban J connectivity index is 1.60. The van der Waals surface area contributed by atoms with Crippen LogP contribution in [0.1, 0.15) is 22.5 Å². The highest BCUT2D eigenvalue weighted by Crippen LogP contribution is 2.21. The zero-order valence-electron chi connectivity index (χ0n) is 14.4. The molecular formula is C21H20N4. The lowest BCUT2D eigenvalue weighted by atomic mass is 10.0. The number of aromatic amines is 1. The number of rotatable bonds is 4. The fourth-order valence-corrected chi connectivity index (χ4v) is 3.01. The average molecular weight is 328 g/mol. The lowest BCUT2D eigenvalue weighted by Crippen LogP contribution is -1.97. The van der Waals surface area contributed by atoms with Gasteiger partial charge in [0.1, 0.15) is 0 Å². The van der Waals surface area contributed by atoms with Crippen molar-refractivity contribution in [3.8, 4) is 16.9 Å². The molecule has 0 atom stereocenters. The minimum atomic E-state index is 0.880. The fraction of sp³-hybridized carbons (Fsp3) is 0.143. The van der Waals surface area contributed by atoms with Gasteiger partial charge in [-0.1, -0.05) is 30.3 Å². The second-order valence-electron chi connectivity index (χ2n) is 6.38. The molecule has 4 rings (SSSR count). The number of hydrogen-bond donors (Lipinski definition) is 1. The molecule has 25 heavy (non-hydrogen) atoms. The number of aromatic nitrogens is 4. The number of H-pyrrole nitrogens is 1. The topological polar surface area (TPSA) is 46.5 Å². The van der Waals surface area contributed by atoms with Crippen LogP contribution in [0.25, 0.3) is 16.9 Å². The summed E-state index contributed by atoms with van der Waals surface area (Å²) >= 11 is 0. The molecule has 0 aliphatic carbocycles. The molecule has 2 aromatic heterocycles. The summed E-state index contributed by atoms with van der Waals surface area (Å²) in [5, 5.41) is 11.8. The van der Waals surface area contributed by atoms with Crippen molar-refractivity contribution in [3.05, 3.63) is 89.4 Å². The zero-order valence-corrected chi connectivity index (χ0v) is 14.4. The van der Waals surface area contributed by atoms with E-state index < -0.39 is 0 Å². The van der Waals surface area contributed by atoms with E-state index in [9.17, 15) is 0 Å². The molecular weight excluding hydrogens is 308 g/mol. The molecule has 0 spiro atoms. The second-order valence-corrected chi connectivity index (χ2v) is 6.38. The normalized spacial score (nSPS) is 11.0. The third-order valence-electron chi connectivity index (χ3n) is 4.23. The first-order valence-electron chi connectivity index (χ1n) is 8.40. The molecule has 0 fully saturated rings. The van der Waals surface area contributed by atoms with Crippen molar-refractivity contribution in [2.75, 3.05) is 0 Å². The van der Waals surface area contributed by atoms with E-state index in [1.165, 1.54) is 11.1 Å². The van der Waals surface area contributed by atoms with E-state index in [1.54, 1.807) is 0 Å². The Morgan fingerprint density at radius 1 is 0.920 bits per heavy atom. The fourth-order valence-electron chi connectivity index (χ4n) is 3.01. The minimum Gasteiger partial charge on any atom is -0.282 e. The van der Waals surface area contributed by atoms with E-state index >= 15 is 0 Å². The van der Waals surface area contributed by atoms with E-state index in [0.717, 1.165) is 34.8 Å². The first-order chi connectivity index (χ1) is 12.2. The van der Waals surface area contributed by atoms with E-state index in [-0.39, 0.29) is 0 Å². The number of hydrogen-bond acceptors (Lipinski definition) is 2. The van der Waals surface area contributed by atoms with Crippen LogP contribution in [-0.2, 0) is 6.42 Å². The smallest absolute Gasteiger partial charge is 0.0923 e. The van der Waals surface area contributed by atoms with Crippen LogP contribution < -0.4 is 0 Å². The molecule has 0 bridgehead atoms. The summed E-state index contributed by atoms with van der Waals surface area (Å²) < 4.78 is 1.92. The summed E-state index contributed by atoms with van der Waals surface area (Å²) in [5.41, 5.74) is 7.84. The van der Waals surface area contributed by atoms with Crippen LogP contribution in [0.4, 0.5) is 0 Å². The summed E-state index contributed by atoms with van der Waals surface area (Å²) in [5.74, 6) is 0. The predicted molar refractivity (Wildman–Crippen MR) is 99.9 cm³/mol. The van der Waals surface area contributed by atoms with Crippen molar-refractivity contribution >= 4 is 0 Å².